The fraction of sp³-hybridized carbons (Fsp3) is 0.706. The molecule has 0 spiro atoms. The molecule has 3 rings (SSSR count). The number of rotatable bonds is 5. The lowest BCUT2D eigenvalue weighted by atomic mass is 9.93. The van der Waals surface area contributed by atoms with Crippen LogP contribution in [0.25, 0.3) is 0 Å². The highest BCUT2D eigenvalue weighted by atomic mass is 16.3. The molecule has 0 bridgehead atoms. The van der Waals surface area contributed by atoms with Crippen LogP contribution in [0.3, 0.4) is 0 Å². The smallest absolute Gasteiger partial charge is 0.254 e. The fourth-order valence-corrected chi connectivity index (χ4v) is 3.58. The molecule has 7 heteroatoms. The Bertz CT molecular complexity index is 566. The summed E-state index contributed by atoms with van der Waals surface area (Å²) in [6.07, 6.45) is 10.5. The summed E-state index contributed by atoms with van der Waals surface area (Å²) in [5.74, 6) is 0.514. The number of carbonyl (C=O) groups is 1. The number of nitrogens with two attached hydrogens (primary N) is 1. The highest BCUT2D eigenvalue weighted by Gasteiger charge is 2.22. The Morgan fingerprint density at radius 3 is 2.38 bits per heavy atom. The Morgan fingerprint density at radius 1 is 1.04 bits per heavy atom. The van der Waals surface area contributed by atoms with Crippen LogP contribution >= 0.6 is 0 Å². The molecular weight excluding hydrogens is 306 g/mol. The van der Waals surface area contributed by atoms with Gasteiger partial charge in [0.2, 0.25) is 5.95 Å². The van der Waals surface area contributed by atoms with E-state index < -0.39 is 5.91 Å². The van der Waals surface area contributed by atoms with E-state index in [9.17, 15) is 9.90 Å². The first-order valence-electron chi connectivity index (χ1n) is 9.00. The average Bonchev–Trinajstić information content (AvgIpc) is 2.58. The molecule has 0 aromatic carbocycles. The molecule has 2 fully saturated rings. The van der Waals surface area contributed by atoms with Crippen molar-refractivity contribution >= 4 is 17.7 Å². The van der Waals surface area contributed by atoms with Crippen molar-refractivity contribution in [1.82, 2.24) is 9.97 Å². The van der Waals surface area contributed by atoms with E-state index in [1.165, 1.54) is 25.5 Å². The number of aliphatic hydroxyl groups is 1. The van der Waals surface area contributed by atoms with Crippen LogP contribution in [0.1, 0.15) is 68.1 Å². The molecule has 132 valence electrons. The number of hydrogen-bond acceptors (Lipinski definition) is 6. The van der Waals surface area contributed by atoms with Gasteiger partial charge in [-0.3, -0.25) is 4.79 Å². The third kappa shape index (κ3) is 4.35. The predicted octanol–water partition coefficient (Wildman–Crippen LogP) is 2.04. The molecule has 2 aliphatic carbocycles. The first-order chi connectivity index (χ1) is 11.6. The first kappa shape index (κ1) is 17.0. The second kappa shape index (κ2) is 7.79. The second-order valence-electron chi connectivity index (χ2n) is 6.95. The normalized spacial score (nSPS) is 25.2. The number of aliphatic hydroxyl groups excluding tert-OH is 1. The number of primary amides is 1. The van der Waals surface area contributed by atoms with Crippen LogP contribution in [0.5, 0.6) is 0 Å². The molecule has 0 saturated heterocycles. The minimum atomic E-state index is -0.530. The van der Waals surface area contributed by atoms with Gasteiger partial charge in [-0.2, -0.15) is 4.98 Å². The van der Waals surface area contributed by atoms with Crippen LogP contribution in [0, 0.1) is 0 Å². The lowest BCUT2D eigenvalue weighted by Crippen LogP contribution is -2.30. The number of hydrogen-bond donors (Lipinski definition) is 4. The lowest BCUT2D eigenvalue weighted by Gasteiger charge is -2.27. The summed E-state index contributed by atoms with van der Waals surface area (Å²) >= 11 is 0. The molecule has 1 amide bonds. The van der Waals surface area contributed by atoms with Crippen LogP contribution in [-0.2, 0) is 0 Å². The van der Waals surface area contributed by atoms with Crippen molar-refractivity contribution in [2.24, 2.45) is 5.73 Å². The van der Waals surface area contributed by atoms with E-state index >= 15 is 0 Å². The molecule has 7 nitrogen and oxygen atoms in total. The third-order valence-electron chi connectivity index (χ3n) is 5.03. The standard InChI is InChI=1S/C17H27N5O2/c18-15(24)14-10-19-17(21-11-4-2-1-3-5-11)22-16(14)20-12-6-8-13(23)9-7-12/h10-13,23H,1-9H2,(H2,18,24)(H2,19,20,21,22)/t12-,13+. The summed E-state index contributed by atoms with van der Waals surface area (Å²) in [7, 11) is 0. The maximum absolute atomic E-state index is 11.7. The summed E-state index contributed by atoms with van der Waals surface area (Å²) in [4.78, 5) is 20.4. The summed E-state index contributed by atoms with van der Waals surface area (Å²) in [5.41, 5.74) is 5.77. The second-order valence-corrected chi connectivity index (χ2v) is 6.95. The lowest BCUT2D eigenvalue weighted by molar-refractivity contribution is 0.1000. The average molecular weight is 333 g/mol. The fourth-order valence-electron chi connectivity index (χ4n) is 3.58. The minimum Gasteiger partial charge on any atom is -0.393 e. The summed E-state index contributed by atoms with van der Waals surface area (Å²) < 4.78 is 0. The highest BCUT2D eigenvalue weighted by molar-refractivity contribution is 5.97. The van der Waals surface area contributed by atoms with Crippen molar-refractivity contribution in [3.05, 3.63) is 11.8 Å². The van der Waals surface area contributed by atoms with Crippen molar-refractivity contribution < 1.29 is 9.90 Å². The van der Waals surface area contributed by atoms with E-state index in [0.717, 1.165) is 38.5 Å². The number of nitrogens with one attached hydrogen (secondary N) is 2. The van der Waals surface area contributed by atoms with E-state index in [4.69, 9.17) is 5.73 Å². The van der Waals surface area contributed by atoms with Gasteiger partial charge >= 0.3 is 0 Å². The van der Waals surface area contributed by atoms with Gasteiger partial charge in [0.05, 0.1) is 11.7 Å². The quantitative estimate of drug-likeness (QED) is 0.656. The molecule has 2 saturated carbocycles. The van der Waals surface area contributed by atoms with Crippen molar-refractivity contribution in [3.8, 4) is 0 Å². The number of nitrogens with zero attached hydrogens (tertiary/aromatic N) is 2. The Balaban J connectivity index is 1.71. The zero-order valence-electron chi connectivity index (χ0n) is 14.0. The maximum atomic E-state index is 11.7. The van der Waals surface area contributed by atoms with Crippen LogP contribution in [0.4, 0.5) is 11.8 Å². The highest BCUT2D eigenvalue weighted by Crippen LogP contribution is 2.25. The first-order valence-corrected chi connectivity index (χ1v) is 9.00. The van der Waals surface area contributed by atoms with Gasteiger partial charge in [0.1, 0.15) is 5.82 Å². The summed E-state index contributed by atoms with van der Waals surface area (Å²) in [5, 5.41) is 16.3. The monoisotopic (exact) mass is 333 g/mol. The van der Waals surface area contributed by atoms with Crippen LogP contribution < -0.4 is 16.4 Å². The van der Waals surface area contributed by atoms with Crippen molar-refractivity contribution in [3.63, 3.8) is 0 Å². The molecule has 1 aromatic heterocycles. The Kier molecular flexibility index (Phi) is 5.50. The minimum absolute atomic E-state index is 0.198. The van der Waals surface area contributed by atoms with E-state index in [2.05, 4.69) is 20.6 Å². The zero-order chi connectivity index (χ0) is 16.9. The molecule has 1 heterocycles. The van der Waals surface area contributed by atoms with Crippen LogP contribution in [0.2, 0.25) is 0 Å². The largest absolute Gasteiger partial charge is 0.393 e. The van der Waals surface area contributed by atoms with E-state index in [0.29, 0.717) is 23.4 Å². The molecular formula is C17H27N5O2. The SMILES string of the molecule is NC(=O)c1cnc(NC2CCCCC2)nc1N[C@H]1CC[C@@H](O)CC1. The maximum Gasteiger partial charge on any atom is 0.254 e. The Hall–Kier alpha value is -1.89. The van der Waals surface area contributed by atoms with Crippen LogP contribution in [-0.4, -0.2) is 39.2 Å². The third-order valence-corrected chi connectivity index (χ3v) is 5.03. The molecule has 1 aromatic rings. The van der Waals surface area contributed by atoms with Gasteiger partial charge in [0.25, 0.3) is 5.91 Å². The molecule has 0 radical (unpaired) electrons. The number of amides is 1. The molecule has 0 atom stereocenters. The van der Waals surface area contributed by atoms with Gasteiger partial charge in [-0.1, -0.05) is 19.3 Å². The van der Waals surface area contributed by atoms with Crippen molar-refractivity contribution in [1.29, 1.82) is 0 Å². The topological polar surface area (TPSA) is 113 Å². The summed E-state index contributed by atoms with van der Waals surface area (Å²) in [6, 6.07) is 0.597. The van der Waals surface area contributed by atoms with Gasteiger partial charge in [-0.05, 0) is 38.5 Å². The Morgan fingerprint density at radius 2 is 1.71 bits per heavy atom. The van der Waals surface area contributed by atoms with Gasteiger partial charge in [-0.25, -0.2) is 4.98 Å². The van der Waals surface area contributed by atoms with Crippen LogP contribution in [0.15, 0.2) is 6.20 Å². The number of carbonyl (C=O) groups excluding carboxylic acids is 1. The molecule has 24 heavy (non-hydrogen) atoms. The Labute approximate surface area is 142 Å². The molecule has 0 unspecified atom stereocenters. The van der Waals surface area contributed by atoms with Gasteiger partial charge in [-0.15, -0.1) is 0 Å². The van der Waals surface area contributed by atoms with Crippen molar-refractivity contribution in [2.75, 3.05) is 10.6 Å². The molecule has 2 aliphatic rings. The van der Waals surface area contributed by atoms with Gasteiger partial charge in [0, 0.05) is 18.3 Å². The number of aromatic nitrogens is 2. The van der Waals surface area contributed by atoms with E-state index in [1.807, 2.05) is 0 Å². The zero-order valence-corrected chi connectivity index (χ0v) is 14.0. The molecule has 0 aliphatic heterocycles. The van der Waals surface area contributed by atoms with Crippen molar-refractivity contribution in [2.45, 2.75) is 76.0 Å². The summed E-state index contributed by atoms with van der Waals surface area (Å²) in [6.45, 7) is 0. The van der Waals surface area contributed by atoms with Gasteiger partial charge < -0.3 is 21.5 Å². The number of anilines is 2. The van der Waals surface area contributed by atoms with Gasteiger partial charge in [0.15, 0.2) is 0 Å². The van der Waals surface area contributed by atoms with E-state index in [-0.39, 0.29) is 12.1 Å². The molecule has 5 N–H and O–H groups in total. The predicted molar refractivity (Wildman–Crippen MR) is 92.9 cm³/mol. The van der Waals surface area contributed by atoms with E-state index in [1.54, 1.807) is 0 Å².